The molecule has 2 atom stereocenters. The number of nitriles is 1. The van der Waals surface area contributed by atoms with Gasteiger partial charge in [0, 0.05) is 18.9 Å². The van der Waals surface area contributed by atoms with E-state index in [1.165, 1.54) is 25.5 Å². The van der Waals surface area contributed by atoms with Crippen LogP contribution in [0.15, 0.2) is 18.2 Å². The minimum absolute atomic E-state index is 0.0236. The number of anilines is 1. The number of carbonyl (C=O) groups excluding carboxylic acids is 1. The van der Waals surface area contributed by atoms with Crippen LogP contribution in [0.2, 0.25) is 0 Å². The van der Waals surface area contributed by atoms with Crippen LogP contribution in [0.1, 0.15) is 95.1 Å². The Hall–Kier alpha value is -2.15. The van der Waals surface area contributed by atoms with Crippen LogP contribution in [-0.2, 0) is 20.4 Å². The number of amides is 1. The van der Waals surface area contributed by atoms with Crippen LogP contribution in [0.5, 0.6) is 0 Å². The molecule has 0 bridgehead atoms. The molecule has 1 aromatic carbocycles. The minimum Gasteiger partial charge on any atom is -0.380 e. The summed E-state index contributed by atoms with van der Waals surface area (Å²) in [5.74, 6) is -0.767. The minimum atomic E-state index is -4.72. The Bertz CT molecular complexity index is 831. The molecule has 2 N–H and O–H groups in total. The van der Waals surface area contributed by atoms with Gasteiger partial charge in [-0.1, -0.05) is 44.9 Å². The second kappa shape index (κ2) is 14.4. The van der Waals surface area contributed by atoms with E-state index >= 15 is 0 Å². The van der Waals surface area contributed by atoms with Crippen molar-refractivity contribution in [2.24, 2.45) is 0 Å². The Morgan fingerprint density at radius 2 is 1.80 bits per heavy atom. The molecule has 0 spiro atoms. The lowest BCUT2D eigenvalue weighted by Gasteiger charge is -2.22. The fraction of sp³-hybridized carbons (Fsp3) is 0.692. The number of aliphatic hydroxyl groups is 1. The molecule has 0 saturated carbocycles. The van der Waals surface area contributed by atoms with E-state index in [-0.39, 0.29) is 18.4 Å². The molecule has 35 heavy (non-hydrogen) atoms. The average molecular weight is 499 g/mol. The first-order chi connectivity index (χ1) is 16.6. The van der Waals surface area contributed by atoms with Gasteiger partial charge in [-0.05, 0) is 57.2 Å². The molecule has 0 aromatic heterocycles. The number of carbonyl (C=O) groups is 1. The summed E-state index contributed by atoms with van der Waals surface area (Å²) in [4.78, 5) is 12.4. The molecule has 0 radical (unpaired) electrons. The first kappa shape index (κ1) is 29.1. The highest BCUT2D eigenvalue weighted by Crippen LogP contribution is 2.33. The Morgan fingerprint density at radius 3 is 2.40 bits per heavy atom. The lowest BCUT2D eigenvalue weighted by atomic mass is 9.96. The predicted octanol–water partition coefficient (Wildman–Crippen LogP) is 6.32. The van der Waals surface area contributed by atoms with Gasteiger partial charge in [-0.3, -0.25) is 4.79 Å². The lowest BCUT2D eigenvalue weighted by Crippen LogP contribution is -2.40. The zero-order valence-electron chi connectivity index (χ0n) is 20.5. The number of hydrogen-bond donors (Lipinski definition) is 2. The van der Waals surface area contributed by atoms with Gasteiger partial charge in [-0.25, -0.2) is 0 Å². The van der Waals surface area contributed by atoms with Crippen molar-refractivity contribution in [3.63, 3.8) is 0 Å². The molecular formula is C26H37F3N2O4. The number of unbranched alkanes of at least 4 members (excludes halogenated alkanes) is 7. The molecule has 1 aliphatic heterocycles. The average Bonchev–Trinajstić information content (AvgIpc) is 2.82. The van der Waals surface area contributed by atoms with Gasteiger partial charge < -0.3 is 19.9 Å². The molecule has 1 heterocycles. The molecule has 1 saturated heterocycles. The number of nitrogens with one attached hydrogen (secondary N) is 1. The van der Waals surface area contributed by atoms with Gasteiger partial charge in [0.05, 0.1) is 17.2 Å². The SMILES string of the molecule is CC(O)(CCCCCCCCCCOC1CCCCO1)C(=O)Nc1ccc(C#N)c(C(F)(F)F)c1. The summed E-state index contributed by atoms with van der Waals surface area (Å²) in [6.07, 6.45) is 6.73. The van der Waals surface area contributed by atoms with Crippen LogP contribution >= 0.6 is 0 Å². The highest BCUT2D eigenvalue weighted by molar-refractivity contribution is 5.96. The van der Waals surface area contributed by atoms with E-state index in [9.17, 15) is 23.1 Å². The maximum absolute atomic E-state index is 13.1. The fourth-order valence-electron chi connectivity index (χ4n) is 4.02. The molecule has 1 aromatic rings. The first-order valence-electron chi connectivity index (χ1n) is 12.5. The predicted molar refractivity (Wildman–Crippen MR) is 127 cm³/mol. The Morgan fingerprint density at radius 1 is 1.14 bits per heavy atom. The van der Waals surface area contributed by atoms with E-state index in [2.05, 4.69) is 5.32 Å². The number of nitrogens with zero attached hydrogens (tertiary/aromatic N) is 1. The molecule has 2 unspecified atom stereocenters. The standard InChI is InChI=1S/C26H37F3N2O4/c1-25(33,24(32)31-21-14-13-20(19-30)22(18-21)26(27,28)29)15-9-6-4-2-3-5-7-10-16-34-23-12-8-11-17-35-23/h13-14,18,23,33H,2-12,15-17H2,1H3,(H,31,32). The van der Waals surface area contributed by atoms with Gasteiger partial charge >= 0.3 is 6.18 Å². The molecule has 196 valence electrons. The van der Waals surface area contributed by atoms with E-state index in [1.807, 2.05) is 0 Å². The summed E-state index contributed by atoms with van der Waals surface area (Å²) in [7, 11) is 0. The zero-order chi connectivity index (χ0) is 25.7. The second-order valence-corrected chi connectivity index (χ2v) is 9.34. The lowest BCUT2D eigenvalue weighted by molar-refractivity contribution is -0.162. The highest BCUT2D eigenvalue weighted by Gasteiger charge is 2.35. The van der Waals surface area contributed by atoms with Crippen molar-refractivity contribution < 1.29 is 32.5 Å². The fourth-order valence-corrected chi connectivity index (χ4v) is 4.02. The molecular weight excluding hydrogens is 461 g/mol. The number of ether oxygens (including phenoxy) is 2. The van der Waals surface area contributed by atoms with Crippen LogP contribution in [0.4, 0.5) is 18.9 Å². The molecule has 1 fully saturated rings. The number of alkyl halides is 3. The monoisotopic (exact) mass is 498 g/mol. The molecule has 0 aliphatic carbocycles. The third kappa shape index (κ3) is 10.6. The summed E-state index contributed by atoms with van der Waals surface area (Å²) in [5, 5.41) is 21.7. The van der Waals surface area contributed by atoms with Crippen molar-refractivity contribution in [2.45, 2.75) is 102 Å². The Balaban J connectivity index is 1.58. The van der Waals surface area contributed by atoms with Crippen LogP contribution < -0.4 is 5.32 Å². The highest BCUT2D eigenvalue weighted by atomic mass is 19.4. The van der Waals surface area contributed by atoms with Crippen molar-refractivity contribution in [2.75, 3.05) is 18.5 Å². The summed E-state index contributed by atoms with van der Waals surface area (Å²) in [6.45, 7) is 2.89. The van der Waals surface area contributed by atoms with Gasteiger partial charge in [0.15, 0.2) is 6.29 Å². The van der Waals surface area contributed by atoms with Crippen molar-refractivity contribution in [3.05, 3.63) is 29.3 Å². The molecule has 1 amide bonds. The Labute approximate surface area is 205 Å². The van der Waals surface area contributed by atoms with E-state index in [4.69, 9.17) is 14.7 Å². The summed E-state index contributed by atoms with van der Waals surface area (Å²) in [5.41, 5.74) is -3.46. The van der Waals surface area contributed by atoms with Gasteiger partial charge in [0.2, 0.25) is 0 Å². The van der Waals surface area contributed by atoms with Gasteiger partial charge in [0.1, 0.15) is 5.60 Å². The summed E-state index contributed by atoms with van der Waals surface area (Å²) >= 11 is 0. The normalized spacial score (nSPS) is 18.0. The van der Waals surface area contributed by atoms with Gasteiger partial charge in [0.25, 0.3) is 5.91 Å². The van der Waals surface area contributed by atoms with E-state index < -0.39 is 28.8 Å². The van der Waals surface area contributed by atoms with Gasteiger partial charge in [-0.15, -0.1) is 0 Å². The van der Waals surface area contributed by atoms with Crippen molar-refractivity contribution in [1.82, 2.24) is 0 Å². The van der Waals surface area contributed by atoms with Crippen LogP contribution in [0.3, 0.4) is 0 Å². The molecule has 6 nitrogen and oxygen atoms in total. The molecule has 2 rings (SSSR count). The van der Waals surface area contributed by atoms with E-state index in [1.54, 1.807) is 0 Å². The van der Waals surface area contributed by atoms with E-state index in [0.29, 0.717) is 12.5 Å². The van der Waals surface area contributed by atoms with Crippen LogP contribution in [-0.4, -0.2) is 36.1 Å². The van der Waals surface area contributed by atoms with Crippen LogP contribution in [0, 0.1) is 11.3 Å². The number of rotatable bonds is 14. The van der Waals surface area contributed by atoms with Crippen molar-refractivity contribution >= 4 is 11.6 Å². The van der Waals surface area contributed by atoms with Gasteiger partial charge in [-0.2, -0.15) is 18.4 Å². The van der Waals surface area contributed by atoms with E-state index in [0.717, 1.165) is 77.1 Å². The Kier molecular flexibility index (Phi) is 12.0. The first-order valence-corrected chi connectivity index (χ1v) is 12.5. The third-order valence-electron chi connectivity index (χ3n) is 6.19. The largest absolute Gasteiger partial charge is 0.417 e. The topological polar surface area (TPSA) is 91.6 Å². The van der Waals surface area contributed by atoms with Crippen LogP contribution in [0.25, 0.3) is 0 Å². The maximum atomic E-state index is 13.1. The molecule has 1 aliphatic rings. The summed E-state index contributed by atoms with van der Waals surface area (Å²) in [6, 6.07) is 4.43. The van der Waals surface area contributed by atoms with Crippen molar-refractivity contribution in [1.29, 1.82) is 5.26 Å². The second-order valence-electron chi connectivity index (χ2n) is 9.34. The van der Waals surface area contributed by atoms with Crippen molar-refractivity contribution in [3.8, 4) is 6.07 Å². The number of hydrogen-bond acceptors (Lipinski definition) is 5. The quantitative estimate of drug-likeness (QED) is 0.293. The summed E-state index contributed by atoms with van der Waals surface area (Å²) < 4.78 is 50.6. The molecule has 9 heteroatoms. The third-order valence-corrected chi connectivity index (χ3v) is 6.19. The maximum Gasteiger partial charge on any atom is 0.417 e. The zero-order valence-corrected chi connectivity index (χ0v) is 20.5. The number of halogens is 3. The number of benzene rings is 1. The smallest absolute Gasteiger partial charge is 0.380 e.